The van der Waals surface area contributed by atoms with Crippen molar-refractivity contribution in [2.75, 3.05) is 14.2 Å². The molecule has 0 aliphatic rings. The average Bonchev–Trinajstić information content (AvgIpc) is 2.59. The van der Waals surface area contributed by atoms with Gasteiger partial charge in [-0.15, -0.1) is 0 Å². The average molecular weight is 335 g/mol. The molecular weight excluding hydrogens is 316 g/mol. The summed E-state index contributed by atoms with van der Waals surface area (Å²) in [5.41, 5.74) is 0.908. The van der Waals surface area contributed by atoms with E-state index >= 15 is 0 Å². The molecule has 1 atom stereocenters. The predicted molar refractivity (Wildman–Crippen MR) is 86.6 cm³/mol. The van der Waals surface area contributed by atoms with E-state index in [0.29, 0.717) is 5.75 Å². The lowest BCUT2D eigenvalue weighted by Crippen LogP contribution is -2.30. The van der Waals surface area contributed by atoms with Crippen molar-refractivity contribution in [3.63, 3.8) is 0 Å². The fraction of sp³-hybridized carbons (Fsp3) is 0.278. The summed E-state index contributed by atoms with van der Waals surface area (Å²) in [7, 11) is 3.16. The molecule has 1 unspecified atom stereocenters. The SMILES string of the molecule is COc1ccccc1C(C)N(C)C(=O)c1ccccc1OC(F)F. The van der Waals surface area contributed by atoms with Crippen LogP contribution in [0.25, 0.3) is 0 Å². The summed E-state index contributed by atoms with van der Waals surface area (Å²) in [5, 5.41) is 0. The van der Waals surface area contributed by atoms with Gasteiger partial charge in [-0.05, 0) is 25.1 Å². The molecule has 2 rings (SSSR count). The monoisotopic (exact) mass is 335 g/mol. The Hall–Kier alpha value is -2.63. The molecule has 4 nitrogen and oxygen atoms in total. The molecule has 128 valence electrons. The van der Waals surface area contributed by atoms with Gasteiger partial charge in [0, 0.05) is 12.6 Å². The van der Waals surface area contributed by atoms with Crippen LogP contribution in [0, 0.1) is 0 Å². The van der Waals surface area contributed by atoms with Gasteiger partial charge in [-0.3, -0.25) is 4.79 Å². The summed E-state index contributed by atoms with van der Waals surface area (Å²) >= 11 is 0. The molecule has 0 bridgehead atoms. The van der Waals surface area contributed by atoms with E-state index in [1.165, 1.54) is 23.1 Å². The summed E-state index contributed by atoms with van der Waals surface area (Å²) in [4.78, 5) is 14.2. The molecule has 0 aromatic heterocycles. The Kier molecular flexibility index (Phi) is 5.73. The van der Waals surface area contributed by atoms with Gasteiger partial charge in [-0.2, -0.15) is 8.78 Å². The van der Waals surface area contributed by atoms with Gasteiger partial charge in [0.15, 0.2) is 0 Å². The maximum absolute atomic E-state index is 12.7. The molecule has 0 aliphatic heterocycles. The minimum absolute atomic E-state index is 0.0852. The first kappa shape index (κ1) is 17.7. The van der Waals surface area contributed by atoms with Gasteiger partial charge < -0.3 is 14.4 Å². The van der Waals surface area contributed by atoms with Crippen molar-refractivity contribution in [2.24, 2.45) is 0 Å². The quantitative estimate of drug-likeness (QED) is 0.797. The molecule has 1 amide bonds. The third-order valence-corrected chi connectivity index (χ3v) is 3.82. The number of carbonyl (C=O) groups is 1. The van der Waals surface area contributed by atoms with Crippen molar-refractivity contribution in [1.82, 2.24) is 4.90 Å². The van der Waals surface area contributed by atoms with Gasteiger partial charge >= 0.3 is 6.61 Å². The maximum atomic E-state index is 12.7. The highest BCUT2D eigenvalue weighted by molar-refractivity contribution is 5.97. The van der Waals surface area contributed by atoms with E-state index in [9.17, 15) is 13.6 Å². The molecule has 0 fully saturated rings. The number of halogens is 2. The molecule has 0 N–H and O–H groups in total. The normalized spacial score (nSPS) is 11.9. The van der Waals surface area contributed by atoms with Crippen LogP contribution >= 0.6 is 0 Å². The fourth-order valence-electron chi connectivity index (χ4n) is 2.43. The molecule has 0 saturated carbocycles. The standard InChI is InChI=1S/C18H19F2NO3/c1-12(13-8-4-6-10-15(13)23-3)21(2)17(22)14-9-5-7-11-16(14)24-18(19)20/h4-12,18H,1-3H3. The molecule has 2 aromatic rings. The van der Waals surface area contributed by atoms with Crippen LogP contribution < -0.4 is 9.47 Å². The molecule has 0 heterocycles. The second kappa shape index (κ2) is 7.77. The van der Waals surface area contributed by atoms with Gasteiger partial charge in [0.2, 0.25) is 0 Å². The maximum Gasteiger partial charge on any atom is 0.387 e. The number of ether oxygens (including phenoxy) is 2. The Morgan fingerprint density at radius 1 is 1.04 bits per heavy atom. The summed E-state index contributed by atoms with van der Waals surface area (Å²) in [5.74, 6) is 0.1000. The van der Waals surface area contributed by atoms with E-state index in [1.807, 2.05) is 25.1 Å². The second-order valence-corrected chi connectivity index (χ2v) is 5.21. The smallest absolute Gasteiger partial charge is 0.387 e. The summed E-state index contributed by atoms with van der Waals surface area (Å²) in [6.45, 7) is -1.15. The Morgan fingerprint density at radius 2 is 1.62 bits per heavy atom. The van der Waals surface area contributed by atoms with Crippen molar-refractivity contribution in [2.45, 2.75) is 19.6 Å². The lowest BCUT2D eigenvalue weighted by molar-refractivity contribution is -0.0502. The largest absolute Gasteiger partial charge is 0.496 e. The molecule has 2 aromatic carbocycles. The molecule has 0 aliphatic carbocycles. The Bertz CT molecular complexity index is 706. The van der Waals surface area contributed by atoms with Gasteiger partial charge in [0.25, 0.3) is 5.91 Å². The topological polar surface area (TPSA) is 38.8 Å². The Morgan fingerprint density at radius 3 is 2.25 bits per heavy atom. The summed E-state index contributed by atoms with van der Waals surface area (Å²) in [6, 6.07) is 13.0. The molecule has 6 heteroatoms. The van der Waals surface area contributed by atoms with Gasteiger partial charge in [-0.1, -0.05) is 30.3 Å². The van der Waals surface area contributed by atoms with Crippen molar-refractivity contribution < 1.29 is 23.0 Å². The lowest BCUT2D eigenvalue weighted by Gasteiger charge is -2.27. The molecule has 0 spiro atoms. The molecule has 0 saturated heterocycles. The second-order valence-electron chi connectivity index (χ2n) is 5.21. The third-order valence-electron chi connectivity index (χ3n) is 3.82. The third kappa shape index (κ3) is 3.82. The highest BCUT2D eigenvalue weighted by atomic mass is 19.3. The van der Waals surface area contributed by atoms with E-state index < -0.39 is 12.5 Å². The first-order valence-electron chi connectivity index (χ1n) is 7.39. The van der Waals surface area contributed by atoms with Crippen LogP contribution in [0.3, 0.4) is 0 Å². The number of benzene rings is 2. The van der Waals surface area contributed by atoms with Gasteiger partial charge in [0.1, 0.15) is 11.5 Å². The summed E-state index contributed by atoms with van der Waals surface area (Å²) < 4.78 is 34.8. The zero-order chi connectivity index (χ0) is 17.7. The van der Waals surface area contributed by atoms with Gasteiger partial charge in [-0.25, -0.2) is 0 Å². The van der Waals surface area contributed by atoms with Crippen LogP contribution in [0.5, 0.6) is 11.5 Å². The van der Waals surface area contributed by atoms with Crippen LogP contribution in [0.4, 0.5) is 8.78 Å². The van der Waals surface area contributed by atoms with Crippen molar-refractivity contribution in [3.8, 4) is 11.5 Å². The van der Waals surface area contributed by atoms with Crippen LogP contribution in [-0.2, 0) is 0 Å². The first-order valence-corrected chi connectivity index (χ1v) is 7.39. The van der Waals surface area contributed by atoms with Crippen LogP contribution in [0.1, 0.15) is 28.9 Å². The molecule has 0 radical (unpaired) electrons. The minimum atomic E-state index is -2.99. The number of methoxy groups -OCH3 is 1. The number of hydrogen-bond acceptors (Lipinski definition) is 3. The van der Waals surface area contributed by atoms with Gasteiger partial charge in [0.05, 0.1) is 18.7 Å². The predicted octanol–water partition coefficient (Wildman–Crippen LogP) is 4.13. The van der Waals surface area contributed by atoms with Crippen LogP contribution in [0.2, 0.25) is 0 Å². The van der Waals surface area contributed by atoms with Crippen LogP contribution in [0.15, 0.2) is 48.5 Å². The van der Waals surface area contributed by atoms with Crippen molar-refractivity contribution in [3.05, 3.63) is 59.7 Å². The Balaban J connectivity index is 2.29. The first-order chi connectivity index (χ1) is 11.5. The van der Waals surface area contributed by atoms with Crippen molar-refractivity contribution in [1.29, 1.82) is 0 Å². The highest BCUT2D eigenvalue weighted by Gasteiger charge is 2.24. The number of amides is 1. The zero-order valence-electron chi connectivity index (χ0n) is 13.7. The lowest BCUT2D eigenvalue weighted by atomic mass is 10.0. The number of para-hydroxylation sites is 2. The van der Waals surface area contributed by atoms with Crippen molar-refractivity contribution >= 4 is 5.91 Å². The highest BCUT2D eigenvalue weighted by Crippen LogP contribution is 2.30. The molecular formula is C18H19F2NO3. The van der Waals surface area contributed by atoms with E-state index in [1.54, 1.807) is 26.3 Å². The Labute approximate surface area is 139 Å². The van der Waals surface area contributed by atoms with Crippen LogP contribution in [-0.4, -0.2) is 31.6 Å². The number of nitrogens with zero attached hydrogens (tertiary/aromatic N) is 1. The molecule has 24 heavy (non-hydrogen) atoms. The van der Waals surface area contributed by atoms with E-state index in [4.69, 9.17) is 4.74 Å². The fourth-order valence-corrected chi connectivity index (χ4v) is 2.43. The number of rotatable bonds is 6. The number of carbonyl (C=O) groups excluding carboxylic acids is 1. The van der Waals surface area contributed by atoms with E-state index in [0.717, 1.165) is 5.56 Å². The van der Waals surface area contributed by atoms with E-state index in [-0.39, 0.29) is 17.4 Å². The zero-order valence-corrected chi connectivity index (χ0v) is 13.7. The number of alkyl halides is 2. The van der Waals surface area contributed by atoms with E-state index in [2.05, 4.69) is 4.74 Å². The number of hydrogen-bond donors (Lipinski definition) is 0. The summed E-state index contributed by atoms with van der Waals surface area (Å²) in [6.07, 6.45) is 0. The minimum Gasteiger partial charge on any atom is -0.496 e.